The molecule has 2 aromatic rings. The Hall–Kier alpha value is -2.50. The Labute approximate surface area is 103 Å². The van der Waals surface area contributed by atoms with Crippen LogP contribution in [0.2, 0.25) is 0 Å². The Bertz CT molecular complexity index is 566. The first-order chi connectivity index (χ1) is 8.81. The molecule has 6 heteroatoms. The van der Waals surface area contributed by atoms with Gasteiger partial charge in [0.25, 0.3) is 0 Å². The third-order valence-electron chi connectivity index (χ3n) is 2.57. The Morgan fingerprint density at radius 1 is 1.33 bits per heavy atom. The molecule has 0 aliphatic carbocycles. The Morgan fingerprint density at radius 2 is 2.22 bits per heavy atom. The number of nitrogens with zero attached hydrogens (tertiary/aromatic N) is 1. The highest BCUT2D eigenvalue weighted by molar-refractivity contribution is 5.92. The Balaban J connectivity index is 1.67. The average Bonchev–Trinajstić information content (AvgIpc) is 2.98. The number of amides is 1. The summed E-state index contributed by atoms with van der Waals surface area (Å²) in [7, 11) is 0. The molecule has 1 aliphatic heterocycles. The van der Waals surface area contributed by atoms with Crippen LogP contribution in [0.4, 0.5) is 5.69 Å². The minimum atomic E-state index is -0.113. The molecule has 6 nitrogen and oxygen atoms in total. The van der Waals surface area contributed by atoms with Gasteiger partial charge >= 0.3 is 0 Å². The van der Waals surface area contributed by atoms with E-state index >= 15 is 0 Å². The highest BCUT2D eigenvalue weighted by Gasteiger charge is 2.14. The molecule has 18 heavy (non-hydrogen) atoms. The molecule has 1 aliphatic rings. The van der Waals surface area contributed by atoms with Crippen molar-refractivity contribution in [3.05, 3.63) is 36.2 Å². The van der Waals surface area contributed by atoms with E-state index in [4.69, 9.17) is 9.47 Å². The molecule has 0 saturated carbocycles. The molecule has 2 heterocycles. The predicted octanol–water partition coefficient (Wildman–Crippen LogP) is 1.32. The zero-order valence-electron chi connectivity index (χ0n) is 9.47. The fourth-order valence-electron chi connectivity index (χ4n) is 1.74. The van der Waals surface area contributed by atoms with E-state index in [1.165, 1.54) is 0 Å². The summed E-state index contributed by atoms with van der Waals surface area (Å²) in [6, 6.07) is 7.05. The van der Waals surface area contributed by atoms with Crippen LogP contribution in [-0.2, 0) is 11.2 Å². The van der Waals surface area contributed by atoms with Gasteiger partial charge in [0.15, 0.2) is 11.5 Å². The van der Waals surface area contributed by atoms with Crippen molar-refractivity contribution in [2.75, 3.05) is 12.1 Å². The molecule has 0 radical (unpaired) electrons. The number of aromatic nitrogens is 2. The standard InChI is InChI=1S/C12H11N3O3/c16-12(6-9-3-4-13-15-9)14-8-1-2-10-11(5-8)18-7-17-10/h1-5H,6-7H2,(H,13,15)(H,14,16). The second-order valence-electron chi connectivity index (χ2n) is 3.87. The van der Waals surface area contributed by atoms with E-state index in [0.717, 1.165) is 5.69 Å². The monoisotopic (exact) mass is 245 g/mol. The third kappa shape index (κ3) is 2.13. The molecule has 1 aromatic carbocycles. The van der Waals surface area contributed by atoms with Crippen molar-refractivity contribution in [3.63, 3.8) is 0 Å². The van der Waals surface area contributed by atoms with Crippen molar-refractivity contribution < 1.29 is 14.3 Å². The van der Waals surface area contributed by atoms with Crippen LogP contribution in [0.15, 0.2) is 30.5 Å². The lowest BCUT2D eigenvalue weighted by atomic mass is 10.2. The van der Waals surface area contributed by atoms with Gasteiger partial charge in [-0.05, 0) is 18.2 Å². The van der Waals surface area contributed by atoms with Crippen LogP contribution in [0.1, 0.15) is 5.69 Å². The second-order valence-corrected chi connectivity index (χ2v) is 3.87. The molecule has 0 spiro atoms. The molecule has 1 amide bonds. The number of rotatable bonds is 3. The predicted molar refractivity (Wildman–Crippen MR) is 63.5 cm³/mol. The summed E-state index contributed by atoms with van der Waals surface area (Å²) in [4.78, 5) is 11.7. The lowest BCUT2D eigenvalue weighted by molar-refractivity contribution is -0.115. The zero-order valence-corrected chi connectivity index (χ0v) is 9.47. The summed E-state index contributed by atoms with van der Waals surface area (Å²) >= 11 is 0. The van der Waals surface area contributed by atoms with Crippen molar-refractivity contribution >= 4 is 11.6 Å². The quantitative estimate of drug-likeness (QED) is 0.855. The maximum atomic E-state index is 11.7. The Morgan fingerprint density at radius 3 is 3.06 bits per heavy atom. The maximum absolute atomic E-state index is 11.7. The summed E-state index contributed by atoms with van der Waals surface area (Å²) in [6.07, 6.45) is 1.87. The fourth-order valence-corrected chi connectivity index (χ4v) is 1.74. The van der Waals surface area contributed by atoms with Gasteiger partial charge in [-0.3, -0.25) is 9.89 Å². The molecular formula is C12H11N3O3. The van der Waals surface area contributed by atoms with E-state index in [-0.39, 0.29) is 19.1 Å². The molecule has 1 aromatic heterocycles. The number of hydrogen-bond donors (Lipinski definition) is 2. The van der Waals surface area contributed by atoms with Gasteiger partial charge in [-0.2, -0.15) is 5.10 Å². The number of carbonyl (C=O) groups is 1. The van der Waals surface area contributed by atoms with Crippen molar-refractivity contribution in [1.82, 2.24) is 10.2 Å². The fraction of sp³-hybridized carbons (Fsp3) is 0.167. The van der Waals surface area contributed by atoms with Crippen LogP contribution in [-0.4, -0.2) is 22.9 Å². The molecular weight excluding hydrogens is 234 g/mol. The van der Waals surface area contributed by atoms with E-state index in [0.29, 0.717) is 17.2 Å². The number of aromatic amines is 1. The van der Waals surface area contributed by atoms with Gasteiger partial charge in [0.05, 0.1) is 6.42 Å². The summed E-state index contributed by atoms with van der Waals surface area (Å²) in [6.45, 7) is 0.223. The van der Waals surface area contributed by atoms with Gasteiger partial charge in [-0.15, -0.1) is 0 Å². The number of anilines is 1. The number of H-pyrrole nitrogens is 1. The molecule has 0 unspecified atom stereocenters. The number of nitrogens with one attached hydrogen (secondary N) is 2. The van der Waals surface area contributed by atoms with Crippen molar-refractivity contribution in [3.8, 4) is 11.5 Å². The lowest BCUT2D eigenvalue weighted by Gasteiger charge is -2.05. The second kappa shape index (κ2) is 4.40. The first-order valence-corrected chi connectivity index (χ1v) is 5.49. The summed E-state index contributed by atoms with van der Waals surface area (Å²) in [5.74, 6) is 1.23. The Kier molecular flexibility index (Phi) is 2.60. The summed E-state index contributed by atoms with van der Waals surface area (Å²) in [5.41, 5.74) is 1.46. The van der Waals surface area contributed by atoms with Crippen molar-refractivity contribution in [2.24, 2.45) is 0 Å². The highest BCUT2D eigenvalue weighted by Crippen LogP contribution is 2.34. The van der Waals surface area contributed by atoms with Crippen molar-refractivity contribution in [1.29, 1.82) is 0 Å². The van der Waals surface area contributed by atoms with Crippen LogP contribution < -0.4 is 14.8 Å². The van der Waals surface area contributed by atoms with Crippen LogP contribution in [0.5, 0.6) is 11.5 Å². The molecule has 0 bridgehead atoms. The average molecular weight is 245 g/mol. The van der Waals surface area contributed by atoms with E-state index in [1.807, 2.05) is 0 Å². The largest absolute Gasteiger partial charge is 0.454 e. The van der Waals surface area contributed by atoms with Crippen molar-refractivity contribution in [2.45, 2.75) is 6.42 Å². The smallest absolute Gasteiger partial charge is 0.231 e. The minimum Gasteiger partial charge on any atom is -0.454 e. The zero-order chi connectivity index (χ0) is 12.4. The van der Waals surface area contributed by atoms with Crippen LogP contribution in [0, 0.1) is 0 Å². The van der Waals surface area contributed by atoms with E-state index in [2.05, 4.69) is 15.5 Å². The molecule has 0 saturated heterocycles. The molecule has 92 valence electrons. The van der Waals surface area contributed by atoms with Gasteiger partial charge in [0.1, 0.15) is 0 Å². The maximum Gasteiger partial charge on any atom is 0.231 e. The normalized spacial score (nSPS) is 12.4. The molecule has 0 fully saturated rings. The number of benzene rings is 1. The first kappa shape index (κ1) is 10.6. The van der Waals surface area contributed by atoms with E-state index in [1.54, 1.807) is 30.5 Å². The topological polar surface area (TPSA) is 76.2 Å². The number of carbonyl (C=O) groups excluding carboxylic acids is 1. The third-order valence-corrected chi connectivity index (χ3v) is 2.57. The van der Waals surface area contributed by atoms with Gasteiger partial charge in [-0.1, -0.05) is 0 Å². The van der Waals surface area contributed by atoms with Crippen LogP contribution >= 0.6 is 0 Å². The highest BCUT2D eigenvalue weighted by atomic mass is 16.7. The molecule has 3 rings (SSSR count). The summed E-state index contributed by atoms with van der Waals surface area (Å²) < 4.78 is 10.4. The SMILES string of the molecule is O=C(Cc1ccn[nH]1)Nc1ccc2c(c1)OCO2. The first-order valence-electron chi connectivity index (χ1n) is 5.49. The van der Waals surface area contributed by atoms with E-state index in [9.17, 15) is 4.79 Å². The van der Waals surface area contributed by atoms with Crippen LogP contribution in [0.25, 0.3) is 0 Å². The van der Waals surface area contributed by atoms with Gasteiger partial charge in [0.2, 0.25) is 12.7 Å². The molecule has 0 atom stereocenters. The number of fused-ring (bicyclic) bond motifs is 1. The summed E-state index contributed by atoms with van der Waals surface area (Å²) in [5, 5.41) is 9.32. The van der Waals surface area contributed by atoms with Gasteiger partial charge in [0, 0.05) is 23.6 Å². The van der Waals surface area contributed by atoms with Gasteiger partial charge in [-0.25, -0.2) is 0 Å². The van der Waals surface area contributed by atoms with Gasteiger partial charge < -0.3 is 14.8 Å². The van der Waals surface area contributed by atoms with Crippen LogP contribution in [0.3, 0.4) is 0 Å². The van der Waals surface area contributed by atoms with E-state index < -0.39 is 0 Å². The molecule has 2 N–H and O–H groups in total. The number of ether oxygens (including phenoxy) is 2. The minimum absolute atomic E-state index is 0.113. The number of hydrogen-bond acceptors (Lipinski definition) is 4. The lowest BCUT2D eigenvalue weighted by Crippen LogP contribution is -2.14.